The van der Waals surface area contributed by atoms with Gasteiger partial charge in [0.15, 0.2) is 0 Å². The molecule has 1 N–H and O–H groups in total. The SMILES string of the molecule is O=C(Nc1c(I)cc(C(F)(C(F)(F)F)C(F)(F)F)cc1I)c1cccc([N+](=O)[O-])c1F. The van der Waals surface area contributed by atoms with Crippen molar-refractivity contribution in [3.05, 3.63) is 64.5 Å². The number of amides is 1. The van der Waals surface area contributed by atoms with Crippen LogP contribution in [0.1, 0.15) is 15.9 Å². The Hall–Kier alpha value is -1.79. The normalized spacial score (nSPS) is 12.6. The van der Waals surface area contributed by atoms with Crippen LogP contribution in [0.25, 0.3) is 0 Å². The van der Waals surface area contributed by atoms with Crippen LogP contribution >= 0.6 is 45.2 Å². The number of alkyl halides is 7. The third kappa shape index (κ3) is 4.70. The second kappa shape index (κ2) is 8.62. The Morgan fingerprint density at radius 1 is 0.968 bits per heavy atom. The molecule has 0 aliphatic heterocycles. The van der Waals surface area contributed by atoms with Crippen molar-refractivity contribution in [2.75, 3.05) is 5.32 Å². The number of nitro benzene ring substituents is 1. The van der Waals surface area contributed by atoms with Crippen LogP contribution in [-0.2, 0) is 5.67 Å². The Morgan fingerprint density at radius 3 is 1.87 bits per heavy atom. The number of nitrogens with one attached hydrogen (secondary N) is 1. The maximum Gasteiger partial charge on any atom is 0.435 e. The summed E-state index contributed by atoms with van der Waals surface area (Å²) < 4.78 is 105. The van der Waals surface area contributed by atoms with Gasteiger partial charge in [0.25, 0.3) is 5.91 Å². The minimum atomic E-state index is -6.33. The maximum absolute atomic E-state index is 14.3. The van der Waals surface area contributed by atoms with E-state index < -0.39 is 58.6 Å². The van der Waals surface area contributed by atoms with E-state index in [0.29, 0.717) is 0 Å². The molecule has 2 rings (SSSR count). The summed E-state index contributed by atoms with van der Waals surface area (Å²) in [6.45, 7) is 0. The number of nitrogens with zero attached hydrogens (tertiary/aromatic N) is 1. The van der Waals surface area contributed by atoms with Gasteiger partial charge in [-0.1, -0.05) is 6.07 Å². The molecule has 5 nitrogen and oxygen atoms in total. The zero-order valence-corrected chi connectivity index (χ0v) is 18.7. The Balaban J connectivity index is 2.52. The Labute approximate surface area is 194 Å². The Morgan fingerprint density at radius 2 is 1.45 bits per heavy atom. The van der Waals surface area contributed by atoms with Gasteiger partial charge < -0.3 is 5.32 Å². The largest absolute Gasteiger partial charge is 0.435 e. The van der Waals surface area contributed by atoms with Gasteiger partial charge in [-0.3, -0.25) is 14.9 Å². The summed E-state index contributed by atoms with van der Waals surface area (Å²) in [5, 5.41) is 12.8. The molecule has 15 heteroatoms. The third-order valence-corrected chi connectivity index (χ3v) is 5.58. The fraction of sp³-hybridized carbons (Fsp3) is 0.188. The van der Waals surface area contributed by atoms with E-state index in [4.69, 9.17) is 0 Å². The number of halogens is 10. The molecule has 0 heterocycles. The molecule has 0 bridgehead atoms. The molecule has 0 spiro atoms. The van der Waals surface area contributed by atoms with Crippen molar-refractivity contribution in [2.24, 2.45) is 0 Å². The predicted octanol–water partition coefficient (Wildman–Crippen LogP) is 6.48. The van der Waals surface area contributed by atoms with Gasteiger partial charge in [0.1, 0.15) is 0 Å². The number of hydrogen-bond acceptors (Lipinski definition) is 3. The van der Waals surface area contributed by atoms with Gasteiger partial charge in [-0.05, 0) is 63.4 Å². The highest BCUT2D eigenvalue weighted by Crippen LogP contribution is 2.54. The fourth-order valence-corrected chi connectivity index (χ4v) is 4.43. The zero-order valence-electron chi connectivity index (χ0n) is 14.3. The minimum absolute atomic E-state index is 0.239. The summed E-state index contributed by atoms with van der Waals surface area (Å²) >= 11 is 2.53. The van der Waals surface area contributed by atoms with Crippen LogP contribution in [0, 0.1) is 23.1 Å². The molecule has 2 aromatic rings. The standard InChI is InChI=1S/C16H6F8I2N2O3/c17-11-7(2-1-3-10(11)28(30)31)13(29)27-12-8(25)4-6(5-9(12)26)14(18,15(19,20)21)16(22,23)24/h1-5H,(H,27,29). The molecular formula is C16H6F8I2N2O3. The van der Waals surface area contributed by atoms with Crippen LogP contribution in [0.4, 0.5) is 46.5 Å². The van der Waals surface area contributed by atoms with Gasteiger partial charge in [-0.15, -0.1) is 0 Å². The lowest BCUT2D eigenvalue weighted by atomic mass is 9.94. The summed E-state index contributed by atoms with van der Waals surface area (Å²) in [5.41, 5.74) is -9.59. The highest BCUT2D eigenvalue weighted by Gasteiger charge is 2.73. The van der Waals surface area contributed by atoms with Crippen molar-refractivity contribution in [3.8, 4) is 0 Å². The van der Waals surface area contributed by atoms with Gasteiger partial charge >= 0.3 is 23.7 Å². The molecule has 0 unspecified atom stereocenters. The van der Waals surface area contributed by atoms with Crippen molar-refractivity contribution >= 4 is 62.5 Å². The van der Waals surface area contributed by atoms with Gasteiger partial charge in [0.2, 0.25) is 5.82 Å². The highest BCUT2D eigenvalue weighted by atomic mass is 127. The van der Waals surface area contributed by atoms with Crippen LogP contribution in [0.15, 0.2) is 30.3 Å². The molecule has 0 atom stereocenters. The van der Waals surface area contributed by atoms with Crippen molar-refractivity contribution in [1.82, 2.24) is 0 Å². The molecule has 0 fully saturated rings. The molecule has 31 heavy (non-hydrogen) atoms. The molecule has 0 radical (unpaired) electrons. The van der Waals surface area contributed by atoms with Crippen molar-refractivity contribution in [1.29, 1.82) is 0 Å². The second-order valence-electron chi connectivity index (χ2n) is 5.82. The summed E-state index contributed by atoms with van der Waals surface area (Å²) in [5.74, 6) is -2.76. The number of anilines is 1. The van der Waals surface area contributed by atoms with Crippen LogP contribution in [0.5, 0.6) is 0 Å². The summed E-state index contributed by atoms with van der Waals surface area (Å²) in [4.78, 5) is 22.0. The molecular weight excluding hydrogens is 674 g/mol. The quantitative estimate of drug-likeness (QED) is 0.174. The summed E-state index contributed by atoms with van der Waals surface area (Å²) in [6, 6.07) is 3.14. The van der Waals surface area contributed by atoms with Gasteiger partial charge in [-0.25, -0.2) is 4.39 Å². The molecule has 0 aromatic heterocycles. The Kier molecular flexibility index (Phi) is 7.09. The smallest absolute Gasteiger partial charge is 0.320 e. The fourth-order valence-electron chi connectivity index (χ4n) is 2.40. The topological polar surface area (TPSA) is 72.2 Å². The number of hydrogen-bond donors (Lipinski definition) is 1. The zero-order chi connectivity index (χ0) is 23.9. The predicted molar refractivity (Wildman–Crippen MR) is 108 cm³/mol. The average molecular weight is 680 g/mol. The van der Waals surface area contributed by atoms with E-state index in [1.807, 2.05) is 0 Å². The molecule has 168 valence electrons. The molecule has 0 aliphatic carbocycles. The lowest BCUT2D eigenvalue weighted by molar-refractivity contribution is -0.387. The van der Waals surface area contributed by atoms with Crippen molar-refractivity contribution in [3.63, 3.8) is 0 Å². The van der Waals surface area contributed by atoms with E-state index in [1.54, 1.807) is 0 Å². The molecule has 2 aromatic carbocycles. The first-order valence-electron chi connectivity index (χ1n) is 7.58. The number of nitro groups is 1. The first-order valence-corrected chi connectivity index (χ1v) is 9.74. The van der Waals surface area contributed by atoms with Crippen LogP contribution in [0.2, 0.25) is 0 Å². The highest BCUT2D eigenvalue weighted by molar-refractivity contribution is 14.1. The third-order valence-electron chi connectivity index (χ3n) is 3.88. The number of benzene rings is 2. The molecule has 0 saturated heterocycles. The van der Waals surface area contributed by atoms with E-state index in [1.165, 1.54) is 45.2 Å². The molecule has 1 amide bonds. The van der Waals surface area contributed by atoms with E-state index in [-0.39, 0.29) is 17.8 Å². The van der Waals surface area contributed by atoms with Gasteiger partial charge in [0.05, 0.1) is 16.2 Å². The number of rotatable bonds is 4. The molecule has 0 aliphatic rings. The summed E-state index contributed by atoms with van der Waals surface area (Å²) in [6.07, 6.45) is -12.7. The number of carbonyl (C=O) groups is 1. The summed E-state index contributed by atoms with van der Waals surface area (Å²) in [7, 11) is 0. The van der Waals surface area contributed by atoms with E-state index in [0.717, 1.165) is 18.2 Å². The van der Waals surface area contributed by atoms with Gasteiger partial charge in [0, 0.05) is 18.8 Å². The first kappa shape index (κ1) is 25.5. The lowest BCUT2D eigenvalue weighted by Crippen LogP contribution is -2.50. The van der Waals surface area contributed by atoms with Crippen molar-refractivity contribution < 1.29 is 44.8 Å². The van der Waals surface area contributed by atoms with E-state index in [2.05, 4.69) is 5.32 Å². The van der Waals surface area contributed by atoms with Crippen LogP contribution < -0.4 is 5.32 Å². The van der Waals surface area contributed by atoms with Crippen molar-refractivity contribution in [2.45, 2.75) is 18.0 Å². The van der Waals surface area contributed by atoms with Crippen LogP contribution in [0.3, 0.4) is 0 Å². The van der Waals surface area contributed by atoms with E-state index in [9.17, 15) is 50.0 Å². The molecule has 0 saturated carbocycles. The second-order valence-corrected chi connectivity index (χ2v) is 8.14. The monoisotopic (exact) mass is 680 g/mol. The average Bonchev–Trinajstić information content (AvgIpc) is 2.61. The van der Waals surface area contributed by atoms with Gasteiger partial charge in [-0.2, -0.15) is 30.7 Å². The van der Waals surface area contributed by atoms with Crippen LogP contribution in [-0.4, -0.2) is 23.2 Å². The maximum atomic E-state index is 14.3. The Bertz CT molecular complexity index is 1020. The first-order chi connectivity index (χ1) is 14.0. The number of carbonyl (C=O) groups excluding carboxylic acids is 1. The van der Waals surface area contributed by atoms with E-state index >= 15 is 0 Å². The lowest BCUT2D eigenvalue weighted by Gasteiger charge is -2.31. The minimum Gasteiger partial charge on any atom is -0.320 e.